The second-order valence-electron chi connectivity index (χ2n) is 5.13. The molecule has 0 aliphatic carbocycles. The predicted octanol–water partition coefficient (Wildman–Crippen LogP) is 2.69. The van der Waals surface area contributed by atoms with Gasteiger partial charge in [-0.2, -0.15) is 0 Å². The van der Waals surface area contributed by atoms with E-state index >= 15 is 0 Å². The molecule has 3 nitrogen and oxygen atoms in total. The van der Waals surface area contributed by atoms with Crippen LogP contribution < -0.4 is 10.5 Å². The summed E-state index contributed by atoms with van der Waals surface area (Å²) >= 11 is 0. The fourth-order valence-electron chi connectivity index (χ4n) is 2.61. The van der Waals surface area contributed by atoms with Crippen LogP contribution in [-0.2, 0) is 6.42 Å². The van der Waals surface area contributed by atoms with Crippen molar-refractivity contribution in [1.82, 2.24) is 4.90 Å². The minimum atomic E-state index is 0.0244. The minimum Gasteiger partial charge on any atom is -0.494 e. The van der Waals surface area contributed by atoms with Gasteiger partial charge in [-0.3, -0.25) is 4.90 Å². The molecule has 0 bridgehead atoms. The zero-order chi connectivity index (χ0) is 14.3. The molecule has 0 saturated carbocycles. The van der Waals surface area contributed by atoms with E-state index in [0.29, 0.717) is 13.2 Å². The fourth-order valence-corrected chi connectivity index (χ4v) is 2.61. The summed E-state index contributed by atoms with van der Waals surface area (Å²) in [5.74, 6) is 0.934. The first-order chi connectivity index (χ1) is 9.09. The van der Waals surface area contributed by atoms with E-state index in [2.05, 4.69) is 37.8 Å². The predicted molar refractivity (Wildman–Crippen MR) is 81.7 cm³/mol. The third-order valence-corrected chi connectivity index (χ3v) is 3.79. The molecule has 108 valence electrons. The van der Waals surface area contributed by atoms with Crippen molar-refractivity contribution in [1.29, 1.82) is 0 Å². The first-order valence-corrected chi connectivity index (χ1v) is 7.26. The van der Waals surface area contributed by atoms with Crippen LogP contribution in [-0.4, -0.2) is 36.7 Å². The Morgan fingerprint density at radius 1 is 1.11 bits per heavy atom. The lowest BCUT2D eigenvalue weighted by Crippen LogP contribution is -2.53. The van der Waals surface area contributed by atoms with Crippen molar-refractivity contribution in [3.63, 3.8) is 0 Å². The molecule has 0 aliphatic rings. The molecule has 0 heterocycles. The van der Waals surface area contributed by atoms with Crippen LogP contribution in [0.2, 0.25) is 0 Å². The van der Waals surface area contributed by atoms with Crippen molar-refractivity contribution in [2.45, 2.75) is 39.7 Å². The molecule has 19 heavy (non-hydrogen) atoms. The zero-order valence-corrected chi connectivity index (χ0v) is 12.8. The Balaban J connectivity index is 2.79. The topological polar surface area (TPSA) is 38.5 Å². The van der Waals surface area contributed by atoms with Crippen LogP contribution in [0.15, 0.2) is 24.3 Å². The molecule has 1 aromatic rings. The van der Waals surface area contributed by atoms with Crippen LogP contribution in [0.1, 0.15) is 33.3 Å². The van der Waals surface area contributed by atoms with E-state index in [4.69, 9.17) is 10.5 Å². The summed E-state index contributed by atoms with van der Waals surface area (Å²) in [6.07, 6.45) is 0.970. The largest absolute Gasteiger partial charge is 0.494 e. The lowest BCUT2D eigenvalue weighted by Gasteiger charge is -2.39. The number of nitrogens with zero attached hydrogens (tertiary/aromatic N) is 1. The SMILES string of the molecule is CCOc1ccc(CC(C)(CN)N(CC)CC)cc1. The van der Waals surface area contributed by atoms with Crippen LogP contribution >= 0.6 is 0 Å². The van der Waals surface area contributed by atoms with Crippen molar-refractivity contribution >= 4 is 0 Å². The maximum atomic E-state index is 6.02. The first-order valence-electron chi connectivity index (χ1n) is 7.26. The van der Waals surface area contributed by atoms with Gasteiger partial charge < -0.3 is 10.5 Å². The Labute approximate surface area is 117 Å². The van der Waals surface area contributed by atoms with Crippen LogP contribution in [0.3, 0.4) is 0 Å². The highest BCUT2D eigenvalue weighted by Crippen LogP contribution is 2.21. The molecule has 0 fully saturated rings. The van der Waals surface area contributed by atoms with Crippen molar-refractivity contribution < 1.29 is 4.74 Å². The van der Waals surface area contributed by atoms with Crippen molar-refractivity contribution in [3.8, 4) is 5.75 Å². The first kappa shape index (κ1) is 16.0. The van der Waals surface area contributed by atoms with E-state index in [1.165, 1.54) is 5.56 Å². The van der Waals surface area contributed by atoms with Gasteiger partial charge in [0.1, 0.15) is 5.75 Å². The minimum absolute atomic E-state index is 0.0244. The van der Waals surface area contributed by atoms with E-state index in [1.807, 2.05) is 19.1 Å². The van der Waals surface area contributed by atoms with E-state index < -0.39 is 0 Å². The van der Waals surface area contributed by atoms with E-state index in [-0.39, 0.29) is 5.54 Å². The van der Waals surface area contributed by atoms with Crippen molar-refractivity contribution in [3.05, 3.63) is 29.8 Å². The zero-order valence-electron chi connectivity index (χ0n) is 12.8. The number of nitrogens with two attached hydrogens (primary N) is 1. The highest BCUT2D eigenvalue weighted by molar-refractivity contribution is 5.28. The Kier molecular flexibility index (Phi) is 6.32. The molecule has 1 aromatic carbocycles. The van der Waals surface area contributed by atoms with Crippen molar-refractivity contribution in [2.24, 2.45) is 5.73 Å². The van der Waals surface area contributed by atoms with Crippen LogP contribution in [0.25, 0.3) is 0 Å². The Morgan fingerprint density at radius 3 is 2.11 bits per heavy atom. The maximum Gasteiger partial charge on any atom is 0.119 e. The maximum absolute atomic E-state index is 6.02. The molecule has 0 saturated heterocycles. The van der Waals surface area contributed by atoms with E-state index in [1.54, 1.807) is 0 Å². The summed E-state index contributed by atoms with van der Waals surface area (Å²) in [4.78, 5) is 2.43. The third-order valence-electron chi connectivity index (χ3n) is 3.79. The standard InChI is InChI=1S/C16H28N2O/c1-5-18(6-2)16(4,13-17)12-14-8-10-15(11-9-14)19-7-3/h8-11H,5-7,12-13,17H2,1-4H3. The lowest BCUT2D eigenvalue weighted by molar-refractivity contribution is 0.124. The van der Waals surface area contributed by atoms with E-state index in [0.717, 1.165) is 25.3 Å². The summed E-state index contributed by atoms with van der Waals surface area (Å²) in [6.45, 7) is 12.1. The summed E-state index contributed by atoms with van der Waals surface area (Å²) in [6, 6.07) is 8.36. The normalized spacial score (nSPS) is 14.4. The van der Waals surface area contributed by atoms with Gasteiger partial charge in [-0.1, -0.05) is 26.0 Å². The number of hydrogen-bond acceptors (Lipinski definition) is 3. The molecule has 2 N–H and O–H groups in total. The van der Waals surface area contributed by atoms with Crippen LogP contribution in [0.4, 0.5) is 0 Å². The molecule has 1 unspecified atom stereocenters. The molecule has 1 atom stereocenters. The highest BCUT2D eigenvalue weighted by atomic mass is 16.5. The van der Waals surface area contributed by atoms with Crippen LogP contribution in [0.5, 0.6) is 5.75 Å². The molecule has 0 spiro atoms. The summed E-state index contributed by atoms with van der Waals surface area (Å²) in [7, 11) is 0. The molecular formula is C16H28N2O. The third kappa shape index (κ3) is 4.22. The number of likely N-dealkylation sites (N-methyl/N-ethyl adjacent to an activating group) is 1. The van der Waals surface area contributed by atoms with Gasteiger partial charge in [-0.15, -0.1) is 0 Å². The van der Waals surface area contributed by atoms with Gasteiger partial charge in [-0.05, 0) is 51.1 Å². The van der Waals surface area contributed by atoms with Gasteiger partial charge in [-0.25, -0.2) is 0 Å². The Morgan fingerprint density at radius 2 is 1.68 bits per heavy atom. The number of rotatable bonds is 8. The Bertz CT molecular complexity index is 360. The molecule has 0 amide bonds. The van der Waals surface area contributed by atoms with Crippen molar-refractivity contribution in [2.75, 3.05) is 26.2 Å². The number of hydrogen-bond donors (Lipinski definition) is 1. The summed E-state index contributed by atoms with van der Waals surface area (Å²) < 4.78 is 5.47. The summed E-state index contributed by atoms with van der Waals surface area (Å²) in [5.41, 5.74) is 7.35. The van der Waals surface area contributed by atoms with E-state index in [9.17, 15) is 0 Å². The average Bonchev–Trinajstić information content (AvgIpc) is 2.42. The molecule has 0 radical (unpaired) electrons. The monoisotopic (exact) mass is 264 g/mol. The van der Waals surface area contributed by atoms with Gasteiger partial charge in [0.25, 0.3) is 0 Å². The molecule has 0 aromatic heterocycles. The summed E-state index contributed by atoms with van der Waals surface area (Å²) in [5, 5.41) is 0. The lowest BCUT2D eigenvalue weighted by atomic mass is 9.90. The molecular weight excluding hydrogens is 236 g/mol. The van der Waals surface area contributed by atoms with Gasteiger partial charge in [0, 0.05) is 12.1 Å². The van der Waals surface area contributed by atoms with Gasteiger partial charge in [0.2, 0.25) is 0 Å². The van der Waals surface area contributed by atoms with Gasteiger partial charge in [0.15, 0.2) is 0 Å². The molecule has 1 rings (SSSR count). The second kappa shape index (κ2) is 7.51. The molecule has 3 heteroatoms. The van der Waals surface area contributed by atoms with Gasteiger partial charge >= 0.3 is 0 Å². The second-order valence-corrected chi connectivity index (χ2v) is 5.13. The van der Waals surface area contributed by atoms with Gasteiger partial charge in [0.05, 0.1) is 6.61 Å². The highest BCUT2D eigenvalue weighted by Gasteiger charge is 2.28. The average molecular weight is 264 g/mol. The van der Waals surface area contributed by atoms with Crippen LogP contribution in [0, 0.1) is 0 Å². The fraction of sp³-hybridized carbons (Fsp3) is 0.625. The Hall–Kier alpha value is -1.06. The smallest absolute Gasteiger partial charge is 0.119 e. The molecule has 0 aliphatic heterocycles. The number of ether oxygens (including phenoxy) is 1. The number of benzene rings is 1. The quantitative estimate of drug-likeness (QED) is 0.784.